The minimum atomic E-state index is -5.64. The van der Waals surface area contributed by atoms with Gasteiger partial charge in [-0.15, -0.1) is 11.3 Å². The van der Waals surface area contributed by atoms with Crippen LogP contribution in [0.1, 0.15) is 63.0 Å². The van der Waals surface area contributed by atoms with E-state index in [2.05, 4.69) is 20.5 Å². The first-order valence-corrected chi connectivity index (χ1v) is 16.9. The van der Waals surface area contributed by atoms with Crippen LogP contribution in [0, 0.1) is 16.2 Å². The van der Waals surface area contributed by atoms with Crippen molar-refractivity contribution < 1.29 is 51.4 Å². The molecule has 0 radical (unpaired) electrons. The number of alkyl halides is 2. The van der Waals surface area contributed by atoms with Crippen molar-refractivity contribution in [3.8, 4) is 11.3 Å². The molecule has 1 heterocycles. The number of aromatic nitrogens is 1. The number of thiazole rings is 1. The number of hydrogen-bond donors (Lipinski definition) is 2. The Balaban J connectivity index is 0.00000768. The van der Waals surface area contributed by atoms with Crippen molar-refractivity contribution in [2.24, 2.45) is 10.8 Å². The molecule has 3 aromatic rings. The van der Waals surface area contributed by atoms with Crippen molar-refractivity contribution in [3.63, 3.8) is 0 Å². The fourth-order valence-corrected chi connectivity index (χ4v) is 6.09. The van der Waals surface area contributed by atoms with Gasteiger partial charge in [0.2, 0.25) is 13.6 Å². The summed E-state index contributed by atoms with van der Waals surface area (Å²) >= 11 is 4.19. The molecule has 0 saturated carbocycles. The zero-order valence-corrected chi connectivity index (χ0v) is 29.2. The second-order valence-corrected chi connectivity index (χ2v) is 15.7. The van der Waals surface area contributed by atoms with Crippen molar-refractivity contribution in [3.05, 3.63) is 73.8 Å². The zero-order valence-electron chi connectivity index (χ0n) is 25.9. The van der Waals surface area contributed by atoms with Gasteiger partial charge in [0.15, 0.2) is 4.80 Å². The Bertz CT molecular complexity index is 1720. The Morgan fingerprint density at radius 3 is 2.02 bits per heavy atom. The van der Waals surface area contributed by atoms with Crippen molar-refractivity contribution in [1.29, 1.82) is 5.41 Å². The van der Waals surface area contributed by atoms with E-state index in [-0.39, 0.29) is 50.9 Å². The average Bonchev–Trinajstić information content (AvgIpc) is 3.31. The molecule has 11 nitrogen and oxygen atoms in total. The summed E-state index contributed by atoms with van der Waals surface area (Å²) in [5, 5.41) is 10.1. The van der Waals surface area contributed by atoms with Crippen LogP contribution in [0.25, 0.3) is 11.3 Å². The molecule has 0 fully saturated rings. The molecule has 2 N–H and O–H groups in total. The Morgan fingerprint density at radius 1 is 0.936 bits per heavy atom. The van der Waals surface area contributed by atoms with Gasteiger partial charge in [-0.25, -0.2) is 4.79 Å². The van der Waals surface area contributed by atoms with E-state index in [9.17, 15) is 23.8 Å². The van der Waals surface area contributed by atoms with E-state index >= 15 is 8.78 Å². The van der Waals surface area contributed by atoms with Crippen LogP contribution in [0.3, 0.4) is 0 Å². The van der Waals surface area contributed by atoms with E-state index in [4.69, 9.17) is 19.6 Å². The number of hydrogen-bond acceptors (Lipinski definition) is 10. The number of esters is 3. The van der Waals surface area contributed by atoms with Crippen molar-refractivity contribution in [1.82, 2.24) is 4.57 Å². The summed E-state index contributed by atoms with van der Waals surface area (Å²) in [6, 6.07) is 9.96. The Morgan fingerprint density at radius 2 is 1.49 bits per heavy atom. The molecule has 0 aliphatic heterocycles. The van der Waals surface area contributed by atoms with Gasteiger partial charge in [0.1, 0.15) is 0 Å². The Hall–Kier alpha value is -2.23. The van der Waals surface area contributed by atoms with E-state index in [1.807, 2.05) is 0 Å². The summed E-state index contributed by atoms with van der Waals surface area (Å²) in [6.07, 6.45) is 0. The SMILES string of the molecule is CC(C)(C)C(=O)OCOC(=O)c1ccc(-c2csc(=N)n2Cc2ccc(C(F)(F)P(=O)(O)OCOC(=O)C(C)(C)C)c(Br)c2)cc1.[NaH]. The van der Waals surface area contributed by atoms with Gasteiger partial charge in [0.25, 0.3) is 0 Å². The van der Waals surface area contributed by atoms with E-state index in [0.29, 0.717) is 16.8 Å². The molecule has 3 rings (SSSR count). The molecule has 0 aliphatic rings. The number of carbonyl (C=O) groups excluding carboxylic acids is 3. The molecule has 0 aliphatic carbocycles. The monoisotopic (exact) mass is 770 g/mol. The first-order valence-electron chi connectivity index (χ1n) is 13.6. The predicted molar refractivity (Wildman–Crippen MR) is 175 cm³/mol. The number of halogens is 3. The first kappa shape index (κ1) is 40.9. The van der Waals surface area contributed by atoms with Crippen LogP contribution in [0.2, 0.25) is 0 Å². The maximum atomic E-state index is 15.2. The molecule has 0 bridgehead atoms. The molecule has 0 spiro atoms. The number of ether oxygens (including phenoxy) is 3. The van der Waals surface area contributed by atoms with Gasteiger partial charge in [-0.2, -0.15) is 8.78 Å². The molecular formula is C30H35BrF2N2NaO9PS. The zero-order chi connectivity index (χ0) is 34.7. The quantitative estimate of drug-likeness (QED) is 0.0982. The van der Waals surface area contributed by atoms with Gasteiger partial charge in [-0.05, 0) is 70.9 Å². The fourth-order valence-electron chi connectivity index (χ4n) is 3.63. The van der Waals surface area contributed by atoms with Gasteiger partial charge in [0, 0.05) is 15.4 Å². The topological polar surface area (TPSA) is 154 Å². The molecule has 1 aromatic heterocycles. The van der Waals surface area contributed by atoms with Crippen LogP contribution in [0.5, 0.6) is 0 Å². The predicted octanol–water partition coefficient (Wildman–Crippen LogP) is 6.36. The van der Waals surface area contributed by atoms with Crippen LogP contribution >= 0.6 is 34.9 Å². The number of carbonyl (C=O) groups is 3. The number of benzene rings is 2. The Labute approximate surface area is 305 Å². The summed E-state index contributed by atoms with van der Waals surface area (Å²) < 4.78 is 63.3. The number of rotatable bonds is 11. The molecule has 0 saturated heterocycles. The van der Waals surface area contributed by atoms with E-state index < -0.39 is 61.1 Å². The molecule has 47 heavy (non-hydrogen) atoms. The summed E-state index contributed by atoms with van der Waals surface area (Å²) in [7, 11) is -5.64. The molecule has 252 valence electrons. The van der Waals surface area contributed by atoms with Crippen LogP contribution in [-0.2, 0) is 45.1 Å². The number of nitrogens with one attached hydrogen (secondary N) is 1. The molecular weight excluding hydrogens is 736 g/mol. The molecule has 1 atom stereocenters. The van der Waals surface area contributed by atoms with Crippen LogP contribution in [-0.4, -0.2) is 70.5 Å². The van der Waals surface area contributed by atoms with E-state index in [0.717, 1.165) is 17.4 Å². The summed E-state index contributed by atoms with van der Waals surface area (Å²) in [6.45, 7) is 8.01. The van der Waals surface area contributed by atoms with Crippen molar-refractivity contribution in [2.75, 3.05) is 13.6 Å². The summed E-state index contributed by atoms with van der Waals surface area (Å²) in [5.41, 5.74) is -4.92. The van der Waals surface area contributed by atoms with Crippen molar-refractivity contribution in [2.45, 2.75) is 53.8 Å². The first-order chi connectivity index (χ1) is 21.1. The van der Waals surface area contributed by atoms with Gasteiger partial charge in [-0.3, -0.25) is 24.1 Å². The number of nitrogens with zero attached hydrogens (tertiary/aromatic N) is 1. The third-order valence-electron chi connectivity index (χ3n) is 6.31. The van der Waals surface area contributed by atoms with Crippen LogP contribution in [0.15, 0.2) is 52.3 Å². The average molecular weight is 772 g/mol. The summed E-state index contributed by atoms with van der Waals surface area (Å²) in [4.78, 5) is 46.3. The second kappa shape index (κ2) is 16.0. The van der Waals surface area contributed by atoms with Gasteiger partial charge in [0.05, 0.1) is 28.6 Å². The van der Waals surface area contributed by atoms with E-state index in [1.165, 1.54) is 45.0 Å². The van der Waals surface area contributed by atoms with Crippen molar-refractivity contribution >= 4 is 82.3 Å². The van der Waals surface area contributed by atoms with Gasteiger partial charge in [-0.1, -0.05) is 40.2 Å². The van der Waals surface area contributed by atoms with Crippen LogP contribution in [0.4, 0.5) is 8.78 Å². The standard InChI is InChI=1S/C30H34BrF2N2O9PS.Na.H/c1-28(2,3)25(37)42-16-41-24(36)20-10-8-19(9-11-20)23-15-46-27(34)35(23)14-18-7-12-21(22(31)13-18)30(32,33)45(39,40)44-17-43-26(38)29(4,5)6;;/h7-13,15,34H,14,16-17H2,1-6H3,(H,39,40);;. The van der Waals surface area contributed by atoms with E-state index in [1.54, 1.807) is 42.9 Å². The maximum absolute atomic E-state index is 15.2. The summed E-state index contributed by atoms with van der Waals surface area (Å²) in [5.74, 6) is -2.01. The third kappa shape index (κ3) is 10.4. The Kier molecular flexibility index (Phi) is 13.9. The molecule has 1 unspecified atom stereocenters. The van der Waals surface area contributed by atoms with Gasteiger partial charge < -0.3 is 23.7 Å². The molecule has 0 amide bonds. The molecule has 2 aromatic carbocycles. The van der Waals surface area contributed by atoms with Crippen LogP contribution < -0.4 is 4.80 Å². The van der Waals surface area contributed by atoms with Gasteiger partial charge >= 0.3 is 60.7 Å². The molecule has 17 heteroatoms. The second-order valence-electron chi connectivity index (χ2n) is 12.1. The fraction of sp³-hybridized carbons (Fsp3) is 0.400. The normalized spacial score (nSPS) is 13.2. The third-order valence-corrected chi connectivity index (χ3v) is 9.16. The minimum absolute atomic E-state index is 0.